The normalized spacial score (nSPS) is 43.9. The van der Waals surface area contributed by atoms with Gasteiger partial charge in [-0.05, 0) is 32.1 Å². The maximum Gasteiger partial charge on any atom is 0.0821 e. The molecule has 1 rings (SSSR count). The van der Waals surface area contributed by atoms with Gasteiger partial charge in [-0.2, -0.15) is 0 Å². The van der Waals surface area contributed by atoms with E-state index >= 15 is 0 Å². The van der Waals surface area contributed by atoms with Gasteiger partial charge in [0.1, 0.15) is 0 Å². The Morgan fingerprint density at radius 1 is 1.27 bits per heavy atom. The molecule has 0 aliphatic heterocycles. The molecule has 0 bridgehead atoms. The van der Waals surface area contributed by atoms with Gasteiger partial charge in [-0.3, -0.25) is 0 Å². The highest BCUT2D eigenvalue weighted by atomic mass is 15.1. The molecule has 0 aromatic heterocycles. The van der Waals surface area contributed by atoms with E-state index in [2.05, 4.69) is 6.92 Å². The lowest BCUT2D eigenvalue weighted by Crippen LogP contribution is -2.73. The van der Waals surface area contributed by atoms with Crippen LogP contribution in [-0.4, -0.2) is 11.2 Å². The molecule has 3 heteroatoms. The summed E-state index contributed by atoms with van der Waals surface area (Å²) in [7, 11) is 0. The zero-order chi connectivity index (χ0) is 8.70. The first-order chi connectivity index (χ1) is 4.88. The number of hydrogen-bond donors (Lipinski definition) is 3. The highest BCUT2D eigenvalue weighted by molar-refractivity contribution is 5.05. The van der Waals surface area contributed by atoms with Gasteiger partial charge in [-0.25, -0.2) is 0 Å². The summed E-state index contributed by atoms with van der Waals surface area (Å²) >= 11 is 0. The van der Waals surface area contributed by atoms with Gasteiger partial charge in [0.25, 0.3) is 0 Å². The minimum atomic E-state index is -0.676. The third kappa shape index (κ3) is 1.28. The molecule has 1 saturated carbocycles. The summed E-state index contributed by atoms with van der Waals surface area (Å²) in [5.74, 6) is 0.422. The summed E-state index contributed by atoms with van der Waals surface area (Å²) in [6.07, 6.45) is 3.08. The van der Waals surface area contributed by atoms with Crippen LogP contribution in [0, 0.1) is 5.92 Å². The van der Waals surface area contributed by atoms with Crippen molar-refractivity contribution in [3.63, 3.8) is 0 Å². The third-order valence-electron chi connectivity index (χ3n) is 3.25. The van der Waals surface area contributed by atoms with Crippen molar-refractivity contribution < 1.29 is 0 Å². The fourth-order valence-electron chi connectivity index (χ4n) is 1.73. The Morgan fingerprint density at radius 2 is 1.82 bits per heavy atom. The van der Waals surface area contributed by atoms with E-state index in [0.29, 0.717) is 5.92 Å². The molecule has 0 heterocycles. The molecule has 66 valence electrons. The second-order valence-electron chi connectivity index (χ2n) is 4.12. The maximum atomic E-state index is 6.05. The van der Waals surface area contributed by atoms with Gasteiger partial charge in [0, 0.05) is 5.54 Å². The first-order valence-electron chi connectivity index (χ1n) is 4.24. The Kier molecular flexibility index (Phi) is 1.99. The molecule has 2 atom stereocenters. The van der Waals surface area contributed by atoms with Crippen molar-refractivity contribution >= 4 is 0 Å². The van der Waals surface area contributed by atoms with Crippen LogP contribution in [0.2, 0.25) is 0 Å². The molecule has 1 unspecified atom stereocenters. The van der Waals surface area contributed by atoms with Crippen molar-refractivity contribution in [2.24, 2.45) is 23.1 Å². The van der Waals surface area contributed by atoms with Crippen LogP contribution in [0.15, 0.2) is 0 Å². The molecule has 0 spiro atoms. The maximum absolute atomic E-state index is 6.05. The van der Waals surface area contributed by atoms with E-state index in [0.717, 1.165) is 19.3 Å². The van der Waals surface area contributed by atoms with Gasteiger partial charge >= 0.3 is 0 Å². The van der Waals surface area contributed by atoms with Gasteiger partial charge in [0.05, 0.1) is 5.66 Å². The summed E-state index contributed by atoms with van der Waals surface area (Å²) < 4.78 is 0. The van der Waals surface area contributed by atoms with Crippen molar-refractivity contribution in [3.05, 3.63) is 0 Å². The number of rotatable bonds is 0. The van der Waals surface area contributed by atoms with Crippen LogP contribution in [0.1, 0.15) is 33.1 Å². The third-order valence-corrected chi connectivity index (χ3v) is 3.25. The Balaban J connectivity index is 2.82. The van der Waals surface area contributed by atoms with Crippen LogP contribution >= 0.6 is 0 Å². The summed E-state index contributed by atoms with van der Waals surface area (Å²) in [6.45, 7) is 4.07. The Hall–Kier alpha value is -0.120. The van der Waals surface area contributed by atoms with E-state index in [4.69, 9.17) is 17.2 Å². The van der Waals surface area contributed by atoms with Crippen LogP contribution in [0.4, 0.5) is 0 Å². The average molecular weight is 157 g/mol. The highest BCUT2D eigenvalue weighted by Gasteiger charge is 2.45. The average Bonchev–Trinajstić information content (AvgIpc) is 1.84. The fraction of sp³-hybridized carbons (Fsp3) is 1.00. The van der Waals surface area contributed by atoms with Crippen molar-refractivity contribution in [1.82, 2.24) is 0 Å². The van der Waals surface area contributed by atoms with Gasteiger partial charge in [-0.15, -0.1) is 0 Å². The van der Waals surface area contributed by atoms with E-state index in [1.165, 1.54) is 0 Å². The minimum Gasteiger partial charge on any atom is -0.322 e. The quantitative estimate of drug-likeness (QED) is 0.438. The number of nitrogens with two attached hydrogens (primary N) is 3. The standard InChI is InChI=1S/C8H19N3/c1-6-4-3-5-8(10,11)7(6,2)9/h6H,3-5,9-11H2,1-2H3/t6?,7-/m1/s1. The molecule has 0 aromatic carbocycles. The summed E-state index contributed by atoms with van der Waals surface area (Å²) in [5.41, 5.74) is 16.8. The predicted octanol–water partition coefficient (Wildman–Crippen LogP) is 0.138. The topological polar surface area (TPSA) is 78.1 Å². The largest absolute Gasteiger partial charge is 0.322 e. The smallest absolute Gasteiger partial charge is 0.0821 e. The second kappa shape index (κ2) is 2.44. The van der Waals surface area contributed by atoms with Crippen molar-refractivity contribution in [2.45, 2.75) is 44.3 Å². The molecule has 6 N–H and O–H groups in total. The van der Waals surface area contributed by atoms with Crippen molar-refractivity contribution in [2.75, 3.05) is 0 Å². The molecule has 0 radical (unpaired) electrons. The van der Waals surface area contributed by atoms with Crippen LogP contribution in [0.25, 0.3) is 0 Å². The van der Waals surface area contributed by atoms with Crippen molar-refractivity contribution in [1.29, 1.82) is 0 Å². The lowest BCUT2D eigenvalue weighted by molar-refractivity contribution is 0.111. The number of hydrogen-bond acceptors (Lipinski definition) is 3. The summed E-state index contributed by atoms with van der Waals surface area (Å²) in [6, 6.07) is 0. The monoisotopic (exact) mass is 157 g/mol. The van der Waals surface area contributed by atoms with Gasteiger partial charge < -0.3 is 17.2 Å². The molecule has 1 aliphatic rings. The molecular formula is C8H19N3. The lowest BCUT2D eigenvalue weighted by Gasteiger charge is -2.48. The molecule has 1 aliphatic carbocycles. The first kappa shape index (κ1) is 8.97. The second-order valence-corrected chi connectivity index (χ2v) is 4.12. The minimum absolute atomic E-state index is 0.411. The Labute approximate surface area is 68.3 Å². The Bertz CT molecular complexity index is 151. The first-order valence-corrected chi connectivity index (χ1v) is 4.24. The van der Waals surface area contributed by atoms with Gasteiger partial charge in [0.2, 0.25) is 0 Å². The van der Waals surface area contributed by atoms with Crippen LogP contribution < -0.4 is 17.2 Å². The Morgan fingerprint density at radius 3 is 2.18 bits per heavy atom. The van der Waals surface area contributed by atoms with E-state index in [-0.39, 0.29) is 0 Å². The molecule has 0 amide bonds. The molecular weight excluding hydrogens is 138 g/mol. The van der Waals surface area contributed by atoms with E-state index in [9.17, 15) is 0 Å². The molecule has 0 saturated heterocycles. The van der Waals surface area contributed by atoms with Crippen LogP contribution in [0.3, 0.4) is 0 Å². The van der Waals surface area contributed by atoms with E-state index in [1.54, 1.807) is 0 Å². The SMILES string of the molecule is CC1CCCC(N)(N)[C@]1(C)N. The van der Waals surface area contributed by atoms with Crippen LogP contribution in [-0.2, 0) is 0 Å². The van der Waals surface area contributed by atoms with E-state index in [1.807, 2.05) is 6.92 Å². The van der Waals surface area contributed by atoms with Crippen LogP contribution in [0.5, 0.6) is 0 Å². The lowest BCUT2D eigenvalue weighted by atomic mass is 9.68. The molecule has 0 aromatic rings. The van der Waals surface area contributed by atoms with E-state index < -0.39 is 11.2 Å². The zero-order valence-corrected chi connectivity index (χ0v) is 7.43. The predicted molar refractivity (Wildman–Crippen MR) is 46.7 cm³/mol. The summed E-state index contributed by atoms with van der Waals surface area (Å²) in [4.78, 5) is 0. The van der Waals surface area contributed by atoms with Gasteiger partial charge in [0.15, 0.2) is 0 Å². The zero-order valence-electron chi connectivity index (χ0n) is 7.43. The fourth-order valence-corrected chi connectivity index (χ4v) is 1.73. The highest BCUT2D eigenvalue weighted by Crippen LogP contribution is 2.34. The molecule has 3 nitrogen and oxygen atoms in total. The molecule has 11 heavy (non-hydrogen) atoms. The van der Waals surface area contributed by atoms with Crippen molar-refractivity contribution in [3.8, 4) is 0 Å². The van der Waals surface area contributed by atoms with Gasteiger partial charge in [-0.1, -0.05) is 6.92 Å². The summed E-state index contributed by atoms with van der Waals surface area (Å²) in [5, 5.41) is 0. The molecule has 1 fully saturated rings.